The highest BCUT2D eigenvalue weighted by atomic mass is 16.5. The molecule has 2 atom stereocenters. The molecule has 2 heteroatoms. The van der Waals surface area contributed by atoms with Crippen molar-refractivity contribution in [2.24, 2.45) is 5.92 Å². The van der Waals surface area contributed by atoms with Crippen LogP contribution in [0.3, 0.4) is 0 Å². The third kappa shape index (κ3) is 1.53. The Balaban J connectivity index is 2.33. The van der Waals surface area contributed by atoms with E-state index in [0.717, 1.165) is 0 Å². The maximum absolute atomic E-state index is 8.68. The lowest BCUT2D eigenvalue weighted by Crippen LogP contribution is -2.19. The Labute approximate surface area is 55.1 Å². The summed E-state index contributed by atoms with van der Waals surface area (Å²) in [7, 11) is 0. The zero-order valence-corrected chi connectivity index (χ0v) is 5.58. The molecule has 0 saturated heterocycles. The van der Waals surface area contributed by atoms with Gasteiger partial charge in [-0.3, -0.25) is 0 Å². The molecule has 1 rings (SSSR count). The van der Waals surface area contributed by atoms with E-state index in [1.807, 2.05) is 19.1 Å². The summed E-state index contributed by atoms with van der Waals surface area (Å²) < 4.78 is 5.23. The Morgan fingerprint density at radius 2 is 2.67 bits per heavy atom. The molecule has 0 radical (unpaired) electrons. The van der Waals surface area contributed by atoms with Crippen molar-refractivity contribution >= 4 is 0 Å². The standard InChI is InChI=1S/C7H12O2/c1-6(5-8)7-3-2-4-9-7/h2-3,6-8H,4-5H2,1H3/t6?,7-/m0/s1. The van der Waals surface area contributed by atoms with E-state index in [1.54, 1.807) is 0 Å². The maximum atomic E-state index is 8.68. The summed E-state index contributed by atoms with van der Waals surface area (Å²) in [6.45, 7) is 2.88. The number of aliphatic hydroxyl groups is 1. The normalized spacial score (nSPS) is 28.9. The first kappa shape index (κ1) is 6.78. The number of hydrogen-bond acceptors (Lipinski definition) is 2. The summed E-state index contributed by atoms with van der Waals surface area (Å²) in [6.07, 6.45) is 4.13. The van der Waals surface area contributed by atoms with Gasteiger partial charge in [0.15, 0.2) is 0 Å². The molecule has 0 aromatic heterocycles. The molecule has 1 N–H and O–H groups in total. The monoisotopic (exact) mass is 128 g/mol. The third-order valence-electron chi connectivity index (χ3n) is 1.56. The smallest absolute Gasteiger partial charge is 0.0808 e. The van der Waals surface area contributed by atoms with Crippen LogP contribution in [0.5, 0.6) is 0 Å². The van der Waals surface area contributed by atoms with Gasteiger partial charge in [0, 0.05) is 12.5 Å². The minimum atomic E-state index is 0.148. The Kier molecular flexibility index (Phi) is 2.25. The van der Waals surface area contributed by atoms with Gasteiger partial charge in [-0.15, -0.1) is 0 Å². The van der Waals surface area contributed by atoms with Crippen molar-refractivity contribution in [2.75, 3.05) is 13.2 Å². The van der Waals surface area contributed by atoms with Gasteiger partial charge in [-0.1, -0.05) is 19.1 Å². The molecule has 1 heterocycles. The van der Waals surface area contributed by atoms with Crippen molar-refractivity contribution in [2.45, 2.75) is 13.0 Å². The summed E-state index contributed by atoms with van der Waals surface area (Å²) in [5, 5.41) is 8.68. The second-order valence-electron chi connectivity index (χ2n) is 2.39. The number of aliphatic hydroxyl groups excluding tert-OH is 1. The van der Waals surface area contributed by atoms with Crippen LogP contribution in [0.15, 0.2) is 12.2 Å². The average Bonchev–Trinajstić information content (AvgIpc) is 2.37. The molecule has 0 bridgehead atoms. The van der Waals surface area contributed by atoms with E-state index in [1.165, 1.54) is 0 Å². The molecule has 0 aliphatic carbocycles. The summed E-state index contributed by atoms with van der Waals surface area (Å²) >= 11 is 0. The Hall–Kier alpha value is -0.340. The van der Waals surface area contributed by atoms with Gasteiger partial charge in [-0.25, -0.2) is 0 Å². The Bertz CT molecular complexity index is 109. The molecule has 1 aliphatic heterocycles. The van der Waals surface area contributed by atoms with Crippen molar-refractivity contribution in [3.05, 3.63) is 12.2 Å². The lowest BCUT2D eigenvalue weighted by molar-refractivity contribution is 0.0604. The summed E-state index contributed by atoms with van der Waals surface area (Å²) in [6, 6.07) is 0. The average molecular weight is 128 g/mol. The zero-order valence-electron chi connectivity index (χ0n) is 5.58. The van der Waals surface area contributed by atoms with Crippen LogP contribution in [-0.2, 0) is 4.74 Å². The van der Waals surface area contributed by atoms with Crippen molar-refractivity contribution in [1.29, 1.82) is 0 Å². The van der Waals surface area contributed by atoms with Gasteiger partial charge in [0.1, 0.15) is 0 Å². The molecule has 0 aromatic rings. The largest absolute Gasteiger partial charge is 0.396 e. The number of rotatable bonds is 2. The van der Waals surface area contributed by atoms with Crippen LogP contribution in [0, 0.1) is 5.92 Å². The van der Waals surface area contributed by atoms with Gasteiger partial charge in [0.05, 0.1) is 12.7 Å². The minimum absolute atomic E-state index is 0.148. The lowest BCUT2D eigenvalue weighted by atomic mass is 10.1. The third-order valence-corrected chi connectivity index (χ3v) is 1.56. The van der Waals surface area contributed by atoms with E-state index in [2.05, 4.69) is 0 Å². The fourth-order valence-electron chi connectivity index (χ4n) is 0.870. The number of ether oxygens (including phenoxy) is 1. The Morgan fingerprint density at radius 3 is 3.11 bits per heavy atom. The van der Waals surface area contributed by atoms with Gasteiger partial charge >= 0.3 is 0 Å². The van der Waals surface area contributed by atoms with Crippen LogP contribution in [0.2, 0.25) is 0 Å². The first-order valence-corrected chi connectivity index (χ1v) is 3.23. The second-order valence-corrected chi connectivity index (χ2v) is 2.39. The van der Waals surface area contributed by atoms with E-state index in [9.17, 15) is 0 Å². The molecule has 0 saturated carbocycles. The molecule has 0 amide bonds. The van der Waals surface area contributed by atoms with E-state index >= 15 is 0 Å². The molecule has 0 spiro atoms. The molecule has 2 nitrogen and oxygen atoms in total. The molecular weight excluding hydrogens is 116 g/mol. The van der Waals surface area contributed by atoms with Gasteiger partial charge < -0.3 is 9.84 Å². The van der Waals surface area contributed by atoms with E-state index in [0.29, 0.717) is 6.61 Å². The lowest BCUT2D eigenvalue weighted by Gasteiger charge is -2.13. The van der Waals surface area contributed by atoms with Gasteiger partial charge in [0.2, 0.25) is 0 Å². The van der Waals surface area contributed by atoms with Crippen LogP contribution in [-0.4, -0.2) is 24.4 Å². The minimum Gasteiger partial charge on any atom is -0.396 e. The SMILES string of the molecule is CC(CO)[C@@H]1C=CCO1. The highest BCUT2D eigenvalue weighted by Crippen LogP contribution is 2.12. The molecule has 0 aromatic carbocycles. The highest BCUT2D eigenvalue weighted by molar-refractivity contribution is 4.97. The van der Waals surface area contributed by atoms with Gasteiger partial charge in [0.25, 0.3) is 0 Å². The quantitative estimate of drug-likeness (QED) is 0.551. The van der Waals surface area contributed by atoms with Gasteiger partial charge in [-0.05, 0) is 0 Å². The van der Waals surface area contributed by atoms with Crippen molar-refractivity contribution in [3.63, 3.8) is 0 Å². The van der Waals surface area contributed by atoms with Crippen molar-refractivity contribution in [1.82, 2.24) is 0 Å². The van der Waals surface area contributed by atoms with Crippen LogP contribution >= 0.6 is 0 Å². The second kappa shape index (κ2) is 2.99. The van der Waals surface area contributed by atoms with Crippen LogP contribution in [0.1, 0.15) is 6.92 Å². The van der Waals surface area contributed by atoms with Crippen molar-refractivity contribution in [3.8, 4) is 0 Å². The van der Waals surface area contributed by atoms with Crippen LogP contribution < -0.4 is 0 Å². The molecule has 1 unspecified atom stereocenters. The molecule has 9 heavy (non-hydrogen) atoms. The first-order valence-electron chi connectivity index (χ1n) is 3.23. The number of hydrogen-bond donors (Lipinski definition) is 1. The van der Waals surface area contributed by atoms with E-state index < -0.39 is 0 Å². The van der Waals surface area contributed by atoms with Crippen LogP contribution in [0.25, 0.3) is 0 Å². The summed E-state index contributed by atoms with van der Waals surface area (Å²) in [5.41, 5.74) is 0. The first-order chi connectivity index (χ1) is 4.34. The van der Waals surface area contributed by atoms with E-state index in [4.69, 9.17) is 9.84 Å². The fourth-order valence-corrected chi connectivity index (χ4v) is 0.870. The van der Waals surface area contributed by atoms with E-state index in [-0.39, 0.29) is 18.6 Å². The molecular formula is C7H12O2. The van der Waals surface area contributed by atoms with Crippen LogP contribution in [0.4, 0.5) is 0 Å². The fraction of sp³-hybridized carbons (Fsp3) is 0.714. The topological polar surface area (TPSA) is 29.5 Å². The zero-order chi connectivity index (χ0) is 6.69. The highest BCUT2D eigenvalue weighted by Gasteiger charge is 2.16. The molecule has 0 fully saturated rings. The summed E-state index contributed by atoms with van der Waals surface area (Å²) in [4.78, 5) is 0. The Morgan fingerprint density at radius 1 is 1.89 bits per heavy atom. The summed E-state index contributed by atoms with van der Waals surface area (Å²) in [5.74, 6) is 0.240. The predicted molar refractivity (Wildman–Crippen MR) is 35.1 cm³/mol. The molecule has 52 valence electrons. The van der Waals surface area contributed by atoms with Gasteiger partial charge in [-0.2, -0.15) is 0 Å². The van der Waals surface area contributed by atoms with Crippen molar-refractivity contribution < 1.29 is 9.84 Å². The molecule has 1 aliphatic rings. The maximum Gasteiger partial charge on any atom is 0.0808 e. The predicted octanol–water partition coefficient (Wildman–Crippen LogP) is 0.570.